The van der Waals surface area contributed by atoms with Gasteiger partial charge in [-0.3, -0.25) is 10.1 Å². The van der Waals surface area contributed by atoms with Gasteiger partial charge in [-0.05, 0) is 55.7 Å². The number of hydrogen-bond acceptors (Lipinski definition) is 3. The van der Waals surface area contributed by atoms with Gasteiger partial charge in [0.1, 0.15) is 11.6 Å². The van der Waals surface area contributed by atoms with Gasteiger partial charge in [0, 0.05) is 30.8 Å². The van der Waals surface area contributed by atoms with Gasteiger partial charge < -0.3 is 10.2 Å². The summed E-state index contributed by atoms with van der Waals surface area (Å²) in [4.78, 5) is 27.1. The number of hydrogen-bond donors (Lipinski definition) is 2. The number of nitrogens with zero attached hydrogens (tertiary/aromatic N) is 3. The van der Waals surface area contributed by atoms with Crippen LogP contribution in [0.3, 0.4) is 0 Å². The standard InChI is InChI=1S/C22H26FN5O2/c23-15-3-1-4-16(13-15)25-21(30)26-19-5-10-24-28(19)17-6-11-27(12-7-17)20(29)18-14-22(18)8-2-9-22/h1,3-5,10,13,17-18H,2,6-9,11-12,14H2,(H2,25,26,30). The molecule has 0 bridgehead atoms. The van der Waals surface area contributed by atoms with Gasteiger partial charge in [0.05, 0.1) is 12.2 Å². The summed E-state index contributed by atoms with van der Waals surface area (Å²) in [5.74, 6) is 0.774. The molecule has 1 spiro atoms. The van der Waals surface area contributed by atoms with Crippen molar-refractivity contribution in [2.75, 3.05) is 23.7 Å². The second-order valence-corrected chi connectivity index (χ2v) is 8.78. The lowest BCUT2D eigenvalue weighted by molar-refractivity contribution is -0.135. The third-order valence-corrected chi connectivity index (χ3v) is 6.95. The minimum Gasteiger partial charge on any atom is -0.342 e. The molecule has 3 fully saturated rings. The van der Waals surface area contributed by atoms with Crippen molar-refractivity contribution in [1.29, 1.82) is 0 Å². The normalized spacial score (nSPS) is 22.4. The molecule has 2 saturated carbocycles. The lowest BCUT2D eigenvalue weighted by Gasteiger charge is -2.34. The highest BCUT2D eigenvalue weighted by Crippen LogP contribution is 2.66. The molecular weight excluding hydrogens is 385 g/mol. The Labute approximate surface area is 174 Å². The number of urea groups is 1. The van der Waals surface area contributed by atoms with E-state index in [1.807, 2.05) is 9.58 Å². The van der Waals surface area contributed by atoms with E-state index >= 15 is 0 Å². The van der Waals surface area contributed by atoms with E-state index < -0.39 is 11.8 Å². The van der Waals surface area contributed by atoms with Crippen LogP contribution in [-0.4, -0.2) is 39.7 Å². The number of halogens is 1. The van der Waals surface area contributed by atoms with E-state index in [-0.39, 0.29) is 12.0 Å². The van der Waals surface area contributed by atoms with Crippen molar-refractivity contribution in [1.82, 2.24) is 14.7 Å². The van der Waals surface area contributed by atoms with Crippen molar-refractivity contribution in [2.45, 2.75) is 44.6 Å². The quantitative estimate of drug-likeness (QED) is 0.798. The Hall–Kier alpha value is -2.90. The fourth-order valence-corrected chi connectivity index (χ4v) is 4.98. The number of rotatable bonds is 4. The zero-order valence-corrected chi connectivity index (χ0v) is 16.8. The monoisotopic (exact) mass is 411 g/mol. The number of aromatic nitrogens is 2. The van der Waals surface area contributed by atoms with Gasteiger partial charge in [-0.2, -0.15) is 5.10 Å². The van der Waals surface area contributed by atoms with Crippen molar-refractivity contribution < 1.29 is 14.0 Å². The first-order valence-corrected chi connectivity index (χ1v) is 10.7. The average Bonchev–Trinajstić information content (AvgIpc) is 3.33. The molecule has 8 heteroatoms. The summed E-state index contributed by atoms with van der Waals surface area (Å²) >= 11 is 0. The Bertz CT molecular complexity index is 962. The third kappa shape index (κ3) is 3.55. The second kappa shape index (κ2) is 7.41. The van der Waals surface area contributed by atoms with Crippen molar-refractivity contribution >= 4 is 23.4 Å². The molecule has 1 atom stereocenters. The van der Waals surface area contributed by atoms with E-state index in [1.165, 1.54) is 31.4 Å². The van der Waals surface area contributed by atoms with Gasteiger partial charge in [-0.15, -0.1) is 0 Å². The third-order valence-electron chi connectivity index (χ3n) is 6.95. The van der Waals surface area contributed by atoms with Crippen LogP contribution in [0, 0.1) is 17.2 Å². The maximum atomic E-state index is 13.3. The summed E-state index contributed by atoms with van der Waals surface area (Å²) in [6, 6.07) is 7.17. The molecule has 2 N–H and O–H groups in total. The summed E-state index contributed by atoms with van der Waals surface area (Å²) in [6.45, 7) is 1.45. The summed E-state index contributed by atoms with van der Waals surface area (Å²) in [5.41, 5.74) is 0.747. The van der Waals surface area contributed by atoms with Crippen LogP contribution in [-0.2, 0) is 4.79 Å². The van der Waals surface area contributed by atoms with Crippen LogP contribution in [0.4, 0.5) is 20.7 Å². The molecule has 1 aliphatic heterocycles. The van der Waals surface area contributed by atoms with Gasteiger partial charge in [-0.25, -0.2) is 13.9 Å². The van der Waals surface area contributed by atoms with Gasteiger partial charge >= 0.3 is 6.03 Å². The van der Waals surface area contributed by atoms with Crippen molar-refractivity contribution in [3.63, 3.8) is 0 Å². The predicted octanol–water partition coefficient (Wildman–Crippen LogP) is 4.02. The van der Waals surface area contributed by atoms with Gasteiger partial charge in [-0.1, -0.05) is 12.5 Å². The largest absolute Gasteiger partial charge is 0.342 e. The smallest absolute Gasteiger partial charge is 0.324 e. The maximum Gasteiger partial charge on any atom is 0.324 e. The number of nitrogens with one attached hydrogen (secondary N) is 2. The van der Waals surface area contributed by atoms with E-state index in [4.69, 9.17) is 0 Å². The number of carbonyl (C=O) groups excluding carboxylic acids is 2. The second-order valence-electron chi connectivity index (χ2n) is 8.78. The lowest BCUT2D eigenvalue weighted by atomic mass is 9.79. The lowest BCUT2D eigenvalue weighted by Crippen LogP contribution is -2.41. The Morgan fingerprint density at radius 2 is 1.93 bits per heavy atom. The minimum atomic E-state index is -0.450. The van der Waals surface area contributed by atoms with Crippen LogP contribution >= 0.6 is 0 Å². The molecule has 1 saturated heterocycles. The summed E-state index contributed by atoms with van der Waals surface area (Å²) < 4.78 is 15.1. The van der Waals surface area contributed by atoms with Crippen molar-refractivity contribution in [3.05, 3.63) is 42.3 Å². The summed E-state index contributed by atoms with van der Waals surface area (Å²) in [5, 5.41) is 9.81. The van der Waals surface area contributed by atoms with Crippen LogP contribution in [0.1, 0.15) is 44.6 Å². The van der Waals surface area contributed by atoms with E-state index in [9.17, 15) is 14.0 Å². The highest BCUT2D eigenvalue weighted by Gasteiger charge is 2.61. The number of amides is 3. The fraction of sp³-hybridized carbons (Fsp3) is 0.500. The van der Waals surface area contributed by atoms with Crippen molar-refractivity contribution in [3.8, 4) is 0 Å². The molecule has 158 valence electrons. The first kappa shape index (κ1) is 19.1. The Balaban J connectivity index is 1.16. The highest BCUT2D eigenvalue weighted by atomic mass is 19.1. The van der Waals surface area contributed by atoms with Crippen LogP contribution in [0.15, 0.2) is 36.5 Å². The van der Waals surface area contributed by atoms with E-state index in [1.54, 1.807) is 24.4 Å². The molecule has 2 heterocycles. The summed E-state index contributed by atoms with van der Waals surface area (Å²) in [6.07, 6.45) is 8.08. The van der Waals surface area contributed by atoms with Crippen LogP contribution in [0.5, 0.6) is 0 Å². The maximum absolute atomic E-state index is 13.3. The number of anilines is 2. The van der Waals surface area contributed by atoms with Gasteiger partial charge in [0.15, 0.2) is 0 Å². The minimum absolute atomic E-state index is 0.130. The number of carbonyl (C=O) groups is 2. The molecule has 5 rings (SSSR count). The van der Waals surface area contributed by atoms with E-state index in [2.05, 4.69) is 15.7 Å². The van der Waals surface area contributed by atoms with Crippen LogP contribution in [0.25, 0.3) is 0 Å². The Morgan fingerprint density at radius 1 is 1.13 bits per heavy atom. The molecule has 1 aromatic heterocycles. The fourth-order valence-electron chi connectivity index (χ4n) is 4.98. The molecule has 2 aromatic rings. The van der Waals surface area contributed by atoms with Crippen molar-refractivity contribution in [2.24, 2.45) is 11.3 Å². The number of likely N-dealkylation sites (tertiary alicyclic amines) is 1. The first-order chi connectivity index (χ1) is 14.5. The zero-order chi connectivity index (χ0) is 20.7. The number of piperidine rings is 1. The molecule has 30 heavy (non-hydrogen) atoms. The Kier molecular flexibility index (Phi) is 4.72. The van der Waals surface area contributed by atoms with Gasteiger partial charge in [0.2, 0.25) is 5.91 Å². The SMILES string of the molecule is O=C(Nc1cccc(F)c1)Nc1ccnn1C1CCN(C(=O)C2CC23CCC3)CC1. The molecular formula is C22H26FN5O2. The molecule has 3 aliphatic rings. The topological polar surface area (TPSA) is 79.3 Å². The highest BCUT2D eigenvalue weighted by molar-refractivity contribution is 5.99. The molecule has 1 aromatic carbocycles. The predicted molar refractivity (Wildman–Crippen MR) is 111 cm³/mol. The van der Waals surface area contributed by atoms with Crippen LogP contribution < -0.4 is 10.6 Å². The van der Waals surface area contributed by atoms with E-state index in [0.29, 0.717) is 22.8 Å². The number of benzene rings is 1. The average molecular weight is 411 g/mol. The first-order valence-electron chi connectivity index (χ1n) is 10.7. The Morgan fingerprint density at radius 3 is 2.60 bits per heavy atom. The molecule has 2 aliphatic carbocycles. The molecule has 3 amide bonds. The molecule has 1 unspecified atom stereocenters. The van der Waals surface area contributed by atoms with E-state index in [0.717, 1.165) is 32.4 Å². The zero-order valence-electron chi connectivity index (χ0n) is 16.8. The summed E-state index contributed by atoms with van der Waals surface area (Å²) in [7, 11) is 0. The van der Waals surface area contributed by atoms with Crippen LogP contribution in [0.2, 0.25) is 0 Å². The molecule has 7 nitrogen and oxygen atoms in total. The van der Waals surface area contributed by atoms with Gasteiger partial charge in [0.25, 0.3) is 0 Å². The molecule has 0 radical (unpaired) electrons.